The molecule has 2 heterocycles. The maximum atomic E-state index is 13.0. The van der Waals surface area contributed by atoms with Crippen molar-refractivity contribution in [3.05, 3.63) is 83.4 Å². The lowest BCUT2D eigenvalue weighted by molar-refractivity contribution is -0.128. The summed E-state index contributed by atoms with van der Waals surface area (Å²) in [4.78, 5) is 26.6. The molecule has 1 aliphatic heterocycles. The first-order valence-electron chi connectivity index (χ1n) is 12.1. The fraction of sp³-hybridized carbons (Fsp3) is 0.250. The number of piperazine rings is 1. The standard InChI is InChI=1S/C28H28ClN5O2S/c1-36-25-9-5-4-8-24(25)33-14-16-34(17-15-33)26(35)19-37-28-31-23-7-3-2-6-22(23)27(32-28)30-18-20-10-12-21(29)13-11-20/h2-13H,14-19H2,1H3,(H,30,31,32). The number of rotatable bonds is 8. The molecule has 0 unspecified atom stereocenters. The number of ether oxygens (including phenoxy) is 1. The van der Waals surface area contributed by atoms with Crippen LogP contribution < -0.4 is 15.0 Å². The van der Waals surface area contributed by atoms with Crippen molar-refractivity contribution in [3.63, 3.8) is 0 Å². The predicted octanol–water partition coefficient (Wildman–Crippen LogP) is 5.34. The average molecular weight is 534 g/mol. The molecular weight excluding hydrogens is 506 g/mol. The lowest BCUT2D eigenvalue weighted by atomic mass is 10.2. The van der Waals surface area contributed by atoms with Crippen molar-refractivity contribution in [2.75, 3.05) is 49.3 Å². The van der Waals surface area contributed by atoms with E-state index in [0.717, 1.165) is 46.8 Å². The van der Waals surface area contributed by atoms with E-state index in [1.165, 1.54) is 11.8 Å². The molecule has 1 aromatic heterocycles. The highest BCUT2D eigenvalue weighted by molar-refractivity contribution is 7.99. The SMILES string of the molecule is COc1ccccc1N1CCN(C(=O)CSc2nc(NCc3ccc(Cl)cc3)c3ccccc3n2)CC1. The smallest absolute Gasteiger partial charge is 0.233 e. The molecular formula is C28H28ClN5O2S. The number of carbonyl (C=O) groups is 1. The van der Waals surface area contributed by atoms with Crippen molar-refractivity contribution in [3.8, 4) is 5.75 Å². The summed E-state index contributed by atoms with van der Waals surface area (Å²) < 4.78 is 5.50. The summed E-state index contributed by atoms with van der Waals surface area (Å²) in [6.07, 6.45) is 0. The third-order valence-electron chi connectivity index (χ3n) is 6.34. The minimum atomic E-state index is 0.0945. The number of nitrogens with one attached hydrogen (secondary N) is 1. The number of amides is 1. The Bertz CT molecular complexity index is 1380. The zero-order valence-corrected chi connectivity index (χ0v) is 22.1. The summed E-state index contributed by atoms with van der Waals surface area (Å²) in [6, 6.07) is 23.6. The first-order chi connectivity index (χ1) is 18.1. The van der Waals surface area contributed by atoms with Crippen LogP contribution in [0.3, 0.4) is 0 Å². The number of anilines is 2. The maximum Gasteiger partial charge on any atom is 0.233 e. The van der Waals surface area contributed by atoms with Crippen LogP contribution in [0.4, 0.5) is 11.5 Å². The van der Waals surface area contributed by atoms with Gasteiger partial charge in [-0.1, -0.05) is 59.8 Å². The highest BCUT2D eigenvalue weighted by atomic mass is 35.5. The van der Waals surface area contributed by atoms with Crippen LogP contribution in [0.15, 0.2) is 78.0 Å². The van der Waals surface area contributed by atoms with Crippen LogP contribution in [0.25, 0.3) is 10.9 Å². The van der Waals surface area contributed by atoms with Crippen LogP contribution in [-0.2, 0) is 11.3 Å². The number of benzene rings is 3. The molecule has 0 spiro atoms. The predicted molar refractivity (Wildman–Crippen MR) is 151 cm³/mol. The molecule has 5 rings (SSSR count). The first-order valence-corrected chi connectivity index (χ1v) is 13.5. The monoisotopic (exact) mass is 533 g/mol. The van der Waals surface area contributed by atoms with E-state index in [1.807, 2.05) is 71.6 Å². The molecule has 190 valence electrons. The van der Waals surface area contributed by atoms with Crippen molar-refractivity contribution >= 4 is 51.7 Å². The van der Waals surface area contributed by atoms with Crippen LogP contribution >= 0.6 is 23.4 Å². The zero-order valence-electron chi connectivity index (χ0n) is 20.6. The van der Waals surface area contributed by atoms with Crippen molar-refractivity contribution in [1.29, 1.82) is 0 Å². The number of thioether (sulfide) groups is 1. The number of halogens is 1. The molecule has 0 saturated carbocycles. The number of hydrogen-bond donors (Lipinski definition) is 1. The molecule has 1 fully saturated rings. The third-order valence-corrected chi connectivity index (χ3v) is 7.42. The van der Waals surface area contributed by atoms with Crippen LogP contribution in [0.1, 0.15) is 5.56 Å². The van der Waals surface area contributed by atoms with Gasteiger partial charge in [0.1, 0.15) is 11.6 Å². The quantitative estimate of drug-likeness (QED) is 0.242. The molecule has 0 bridgehead atoms. The molecule has 1 N–H and O–H groups in total. The van der Waals surface area contributed by atoms with Crippen molar-refractivity contribution in [2.45, 2.75) is 11.7 Å². The largest absolute Gasteiger partial charge is 0.495 e. The molecule has 0 atom stereocenters. The molecule has 0 aliphatic carbocycles. The van der Waals surface area contributed by atoms with Crippen molar-refractivity contribution < 1.29 is 9.53 Å². The van der Waals surface area contributed by atoms with Crippen molar-refractivity contribution in [1.82, 2.24) is 14.9 Å². The van der Waals surface area contributed by atoms with Gasteiger partial charge in [-0.15, -0.1) is 0 Å². The van der Waals surface area contributed by atoms with E-state index in [9.17, 15) is 4.79 Å². The number of para-hydroxylation sites is 3. The fourth-order valence-corrected chi connectivity index (χ4v) is 5.23. The molecule has 3 aromatic carbocycles. The Labute approximate surface area is 225 Å². The molecule has 9 heteroatoms. The van der Waals surface area contributed by atoms with Gasteiger partial charge in [0, 0.05) is 43.1 Å². The van der Waals surface area contributed by atoms with Gasteiger partial charge in [0.05, 0.1) is 24.1 Å². The Morgan fingerprint density at radius 1 is 0.973 bits per heavy atom. The summed E-state index contributed by atoms with van der Waals surface area (Å²) in [7, 11) is 1.68. The van der Waals surface area contributed by atoms with E-state index < -0.39 is 0 Å². The van der Waals surface area contributed by atoms with E-state index in [-0.39, 0.29) is 5.91 Å². The minimum Gasteiger partial charge on any atom is -0.495 e. The van der Waals surface area contributed by atoms with Gasteiger partial charge in [-0.25, -0.2) is 9.97 Å². The minimum absolute atomic E-state index is 0.0945. The Morgan fingerprint density at radius 3 is 2.49 bits per heavy atom. The number of aromatic nitrogens is 2. The number of methoxy groups -OCH3 is 1. The topological polar surface area (TPSA) is 70.6 Å². The number of hydrogen-bond acceptors (Lipinski definition) is 7. The van der Waals surface area contributed by atoms with Gasteiger partial charge in [0.25, 0.3) is 0 Å². The fourth-order valence-electron chi connectivity index (χ4n) is 4.35. The highest BCUT2D eigenvalue weighted by Crippen LogP contribution is 2.29. The Kier molecular flexibility index (Phi) is 7.96. The van der Waals surface area contributed by atoms with Crippen molar-refractivity contribution in [2.24, 2.45) is 0 Å². The van der Waals surface area contributed by atoms with Gasteiger partial charge in [0.15, 0.2) is 5.16 Å². The summed E-state index contributed by atoms with van der Waals surface area (Å²) in [6.45, 7) is 3.48. The van der Waals surface area contributed by atoms with Crippen LogP contribution in [-0.4, -0.2) is 59.8 Å². The molecule has 37 heavy (non-hydrogen) atoms. The molecule has 1 saturated heterocycles. The van der Waals surface area contributed by atoms with Gasteiger partial charge in [-0.05, 0) is 42.0 Å². The Balaban J connectivity index is 1.21. The Hall–Kier alpha value is -3.49. The van der Waals surface area contributed by atoms with E-state index in [0.29, 0.717) is 35.6 Å². The van der Waals surface area contributed by atoms with E-state index in [1.54, 1.807) is 7.11 Å². The van der Waals surface area contributed by atoms with E-state index >= 15 is 0 Å². The highest BCUT2D eigenvalue weighted by Gasteiger charge is 2.23. The second kappa shape index (κ2) is 11.7. The molecule has 0 radical (unpaired) electrons. The second-order valence-electron chi connectivity index (χ2n) is 8.68. The summed E-state index contributed by atoms with van der Waals surface area (Å²) in [5.74, 6) is 1.99. The van der Waals surface area contributed by atoms with Gasteiger partial charge < -0.3 is 19.9 Å². The molecule has 7 nitrogen and oxygen atoms in total. The van der Waals surface area contributed by atoms with Crippen LogP contribution in [0.5, 0.6) is 5.75 Å². The lowest BCUT2D eigenvalue weighted by Crippen LogP contribution is -2.49. The lowest BCUT2D eigenvalue weighted by Gasteiger charge is -2.36. The van der Waals surface area contributed by atoms with E-state index in [2.05, 4.69) is 16.3 Å². The zero-order chi connectivity index (χ0) is 25.6. The second-order valence-corrected chi connectivity index (χ2v) is 10.1. The molecule has 1 amide bonds. The maximum absolute atomic E-state index is 13.0. The normalized spacial score (nSPS) is 13.6. The Morgan fingerprint density at radius 2 is 1.70 bits per heavy atom. The summed E-state index contributed by atoms with van der Waals surface area (Å²) in [5.41, 5.74) is 3.01. The molecule has 1 aliphatic rings. The first kappa shape index (κ1) is 25.2. The van der Waals surface area contributed by atoms with Gasteiger partial charge in [-0.3, -0.25) is 4.79 Å². The number of nitrogens with zero attached hydrogens (tertiary/aromatic N) is 4. The van der Waals surface area contributed by atoms with E-state index in [4.69, 9.17) is 26.3 Å². The summed E-state index contributed by atoms with van der Waals surface area (Å²) >= 11 is 7.38. The van der Waals surface area contributed by atoms with Gasteiger partial charge >= 0.3 is 0 Å². The number of carbonyl (C=O) groups excluding carboxylic acids is 1. The number of fused-ring (bicyclic) bond motifs is 1. The van der Waals surface area contributed by atoms with Crippen LogP contribution in [0.2, 0.25) is 5.02 Å². The third kappa shape index (κ3) is 6.09. The molecule has 4 aromatic rings. The summed E-state index contributed by atoms with van der Waals surface area (Å²) in [5, 5.41) is 5.66. The average Bonchev–Trinajstić information content (AvgIpc) is 2.95. The van der Waals surface area contributed by atoms with Gasteiger partial charge in [0.2, 0.25) is 5.91 Å². The van der Waals surface area contributed by atoms with Crippen LogP contribution in [0, 0.1) is 0 Å². The van der Waals surface area contributed by atoms with Gasteiger partial charge in [-0.2, -0.15) is 0 Å².